The number of halogens is 2. The Kier molecular flexibility index (Phi) is 8.32. The van der Waals surface area contributed by atoms with Crippen LogP contribution in [0, 0.1) is 24.1 Å². The number of aromatic nitrogens is 4. The van der Waals surface area contributed by atoms with Crippen LogP contribution in [0.2, 0.25) is 5.02 Å². The largest absolute Gasteiger partial charge is 0.464 e. The summed E-state index contributed by atoms with van der Waals surface area (Å²) in [5.74, 6) is -0.454. The van der Waals surface area contributed by atoms with E-state index < -0.39 is 17.5 Å². The molecule has 0 N–H and O–H groups in total. The third kappa shape index (κ3) is 5.39. The molecular formula is C34H31ClFN7O3. The fourth-order valence-electron chi connectivity index (χ4n) is 6.15. The first-order valence-corrected chi connectivity index (χ1v) is 15.3. The first-order chi connectivity index (χ1) is 22.1. The van der Waals surface area contributed by atoms with Crippen molar-refractivity contribution in [1.82, 2.24) is 24.4 Å². The molecule has 1 amide bonds. The lowest BCUT2D eigenvalue weighted by atomic mass is 9.99. The van der Waals surface area contributed by atoms with Crippen LogP contribution >= 0.6 is 11.6 Å². The second-order valence-corrected chi connectivity index (χ2v) is 12.0. The van der Waals surface area contributed by atoms with Gasteiger partial charge in [-0.2, -0.15) is 10.2 Å². The van der Waals surface area contributed by atoms with Crippen molar-refractivity contribution in [1.29, 1.82) is 5.26 Å². The summed E-state index contributed by atoms with van der Waals surface area (Å²) < 4.78 is 22.6. The molecule has 4 aromatic heterocycles. The number of nitrogens with zero attached hydrogens (tertiary/aromatic N) is 7. The van der Waals surface area contributed by atoms with Crippen LogP contribution in [0.1, 0.15) is 43.0 Å². The fraction of sp³-hybridized carbons (Fsp3) is 0.294. The van der Waals surface area contributed by atoms with Gasteiger partial charge >= 0.3 is 5.69 Å². The molecule has 1 aliphatic heterocycles. The Labute approximate surface area is 269 Å². The average molecular weight is 640 g/mol. The Bertz CT molecular complexity index is 2120. The molecule has 1 fully saturated rings. The van der Waals surface area contributed by atoms with E-state index in [0.717, 1.165) is 16.8 Å². The smallest absolute Gasteiger partial charge is 0.351 e. The van der Waals surface area contributed by atoms with E-state index in [4.69, 9.17) is 21.0 Å². The summed E-state index contributed by atoms with van der Waals surface area (Å²) in [5, 5.41) is 10.8. The number of rotatable bonds is 7. The molecule has 0 spiro atoms. The maximum Gasteiger partial charge on any atom is 0.351 e. The molecule has 0 aliphatic carbocycles. The van der Waals surface area contributed by atoms with Crippen molar-refractivity contribution in [3.05, 3.63) is 93.6 Å². The third-order valence-electron chi connectivity index (χ3n) is 8.45. The standard InChI is InChI=1S/C34H31ClFN7O3/c1-5-27(44)42-14-13-41(17-22(42)8-11-37)32-23-16-25(35)30(28-26(36)7-6-21-10-15-46-31(21)28)39-33(23)43(34(45)40-32)18-24-20(4)9-12-38-29(24)19(2)3/h5-7,9-10,12,15-16,19,22H,1,8,13-14,17-18H2,2-4H3/t22-/m0/s1. The quantitative estimate of drug-likeness (QED) is 0.199. The number of nitriles is 1. The SMILES string of the molecule is C=CC(=O)N1CCN(c2nc(=O)n(Cc3c(C)ccnc3C(C)C)c3nc(-c4c(F)ccc5ccoc45)c(Cl)cc23)C[C@@H]1CC#N. The number of aryl methyl sites for hydroxylation is 1. The van der Waals surface area contributed by atoms with E-state index in [9.17, 15) is 14.9 Å². The van der Waals surface area contributed by atoms with Crippen LogP contribution in [0.3, 0.4) is 0 Å². The molecule has 0 saturated carbocycles. The van der Waals surface area contributed by atoms with Crippen LogP contribution in [-0.2, 0) is 11.3 Å². The Balaban J connectivity index is 1.59. The van der Waals surface area contributed by atoms with Crippen molar-refractivity contribution in [3.63, 3.8) is 0 Å². The molecular weight excluding hydrogens is 609 g/mol. The Morgan fingerprint density at radius 1 is 1.26 bits per heavy atom. The highest BCUT2D eigenvalue weighted by molar-refractivity contribution is 6.34. The molecule has 6 rings (SSSR count). The zero-order chi connectivity index (χ0) is 32.7. The number of hydrogen-bond donors (Lipinski definition) is 0. The topological polar surface area (TPSA) is 121 Å². The summed E-state index contributed by atoms with van der Waals surface area (Å²) in [4.78, 5) is 44.0. The van der Waals surface area contributed by atoms with Gasteiger partial charge in [0.05, 0.1) is 53.0 Å². The first-order valence-electron chi connectivity index (χ1n) is 14.9. The summed E-state index contributed by atoms with van der Waals surface area (Å²) in [5.41, 5.74) is 2.81. The Hall–Kier alpha value is -5.08. The van der Waals surface area contributed by atoms with Crippen LogP contribution in [-0.4, -0.2) is 56.0 Å². The molecule has 0 unspecified atom stereocenters. The third-order valence-corrected chi connectivity index (χ3v) is 8.73. The van der Waals surface area contributed by atoms with Crippen molar-refractivity contribution in [3.8, 4) is 17.3 Å². The normalized spacial score (nSPS) is 15.1. The summed E-state index contributed by atoms with van der Waals surface area (Å²) in [7, 11) is 0. The van der Waals surface area contributed by atoms with Crippen LogP contribution in [0.15, 0.2) is 64.7 Å². The van der Waals surface area contributed by atoms with E-state index in [1.165, 1.54) is 23.0 Å². The fourth-order valence-corrected chi connectivity index (χ4v) is 6.39. The van der Waals surface area contributed by atoms with E-state index in [2.05, 4.69) is 22.6 Å². The summed E-state index contributed by atoms with van der Waals surface area (Å²) in [6, 6.07) is 9.88. The second-order valence-electron chi connectivity index (χ2n) is 11.6. The molecule has 234 valence electrons. The lowest BCUT2D eigenvalue weighted by Gasteiger charge is -2.41. The van der Waals surface area contributed by atoms with Crippen LogP contribution in [0.5, 0.6) is 0 Å². The van der Waals surface area contributed by atoms with Gasteiger partial charge in [0.2, 0.25) is 5.91 Å². The van der Waals surface area contributed by atoms with Gasteiger partial charge in [0.25, 0.3) is 0 Å². The number of furan rings is 1. The van der Waals surface area contributed by atoms with Crippen LogP contribution in [0.25, 0.3) is 33.3 Å². The van der Waals surface area contributed by atoms with E-state index in [1.807, 2.05) is 31.7 Å². The average Bonchev–Trinajstić information content (AvgIpc) is 3.51. The number of fused-ring (bicyclic) bond motifs is 2. The zero-order valence-electron chi connectivity index (χ0n) is 25.6. The molecule has 1 atom stereocenters. The molecule has 1 aromatic carbocycles. The number of anilines is 1. The maximum absolute atomic E-state index is 15.5. The summed E-state index contributed by atoms with van der Waals surface area (Å²) >= 11 is 6.87. The molecule has 5 heterocycles. The Morgan fingerprint density at radius 3 is 2.80 bits per heavy atom. The van der Waals surface area contributed by atoms with Gasteiger partial charge in [0, 0.05) is 36.9 Å². The number of benzene rings is 1. The van der Waals surface area contributed by atoms with Crippen molar-refractivity contribution >= 4 is 45.3 Å². The highest BCUT2D eigenvalue weighted by Gasteiger charge is 2.32. The van der Waals surface area contributed by atoms with Crippen LogP contribution < -0.4 is 10.6 Å². The van der Waals surface area contributed by atoms with Gasteiger partial charge in [-0.15, -0.1) is 0 Å². The molecule has 0 radical (unpaired) electrons. The number of piperazine rings is 1. The lowest BCUT2D eigenvalue weighted by Crippen LogP contribution is -2.55. The van der Waals surface area contributed by atoms with Gasteiger partial charge in [-0.1, -0.05) is 32.0 Å². The number of carbonyl (C=O) groups excluding carboxylic acids is 1. The van der Waals surface area contributed by atoms with E-state index in [1.54, 1.807) is 29.3 Å². The number of pyridine rings is 2. The van der Waals surface area contributed by atoms with Crippen LogP contribution in [0.4, 0.5) is 10.2 Å². The minimum atomic E-state index is -0.577. The van der Waals surface area contributed by atoms with Gasteiger partial charge in [-0.3, -0.25) is 14.3 Å². The van der Waals surface area contributed by atoms with Gasteiger partial charge in [0.1, 0.15) is 22.9 Å². The molecule has 5 aromatic rings. The molecule has 12 heteroatoms. The molecule has 46 heavy (non-hydrogen) atoms. The minimum absolute atomic E-state index is 0.0813. The second kappa shape index (κ2) is 12.4. The van der Waals surface area contributed by atoms with E-state index >= 15 is 4.39 Å². The van der Waals surface area contributed by atoms with Gasteiger partial charge in [0.15, 0.2) is 0 Å². The predicted molar refractivity (Wildman–Crippen MR) is 174 cm³/mol. The zero-order valence-corrected chi connectivity index (χ0v) is 26.4. The summed E-state index contributed by atoms with van der Waals surface area (Å²) in [6.07, 6.45) is 4.52. The Morgan fingerprint density at radius 2 is 2.07 bits per heavy atom. The molecule has 10 nitrogen and oxygen atoms in total. The lowest BCUT2D eigenvalue weighted by molar-refractivity contribution is -0.128. The van der Waals surface area contributed by atoms with Gasteiger partial charge in [-0.25, -0.2) is 14.2 Å². The van der Waals surface area contributed by atoms with Gasteiger partial charge in [-0.05, 0) is 60.4 Å². The monoisotopic (exact) mass is 639 g/mol. The van der Waals surface area contributed by atoms with E-state index in [-0.39, 0.29) is 58.8 Å². The molecule has 0 bridgehead atoms. The predicted octanol–water partition coefficient (Wildman–Crippen LogP) is 5.99. The van der Waals surface area contributed by atoms with Crippen molar-refractivity contribution in [2.75, 3.05) is 24.5 Å². The molecule has 1 aliphatic rings. The highest BCUT2D eigenvalue weighted by Crippen LogP contribution is 2.38. The van der Waals surface area contributed by atoms with Crippen molar-refractivity contribution in [2.45, 2.75) is 45.7 Å². The molecule has 1 saturated heterocycles. The number of hydrogen-bond acceptors (Lipinski definition) is 8. The first kappa shape index (κ1) is 30.9. The van der Waals surface area contributed by atoms with Crippen molar-refractivity contribution < 1.29 is 13.6 Å². The minimum Gasteiger partial charge on any atom is -0.464 e. The summed E-state index contributed by atoms with van der Waals surface area (Å²) in [6.45, 7) is 10.6. The van der Waals surface area contributed by atoms with Crippen molar-refractivity contribution in [2.24, 2.45) is 0 Å². The number of carbonyl (C=O) groups is 1. The van der Waals surface area contributed by atoms with Gasteiger partial charge < -0.3 is 14.2 Å². The highest BCUT2D eigenvalue weighted by atomic mass is 35.5. The maximum atomic E-state index is 15.5. The van der Waals surface area contributed by atoms with E-state index in [0.29, 0.717) is 29.7 Å². The number of amides is 1.